The highest BCUT2D eigenvalue weighted by Crippen LogP contribution is 2.31. The van der Waals surface area contributed by atoms with Gasteiger partial charge in [-0.15, -0.1) is 0 Å². The number of aryl methyl sites for hydroxylation is 1. The van der Waals surface area contributed by atoms with Crippen LogP contribution in [-0.4, -0.2) is 64.8 Å². The molecule has 2 aliphatic rings. The molecule has 0 spiro atoms. The van der Waals surface area contributed by atoms with Gasteiger partial charge in [-0.25, -0.2) is 9.97 Å². The zero-order valence-corrected chi connectivity index (χ0v) is 19.2. The maximum absolute atomic E-state index is 12.8. The predicted octanol–water partition coefficient (Wildman–Crippen LogP) is 2.82. The molecule has 0 atom stereocenters. The van der Waals surface area contributed by atoms with Crippen LogP contribution in [0.2, 0.25) is 0 Å². The van der Waals surface area contributed by atoms with E-state index in [4.69, 9.17) is 0 Å². The van der Waals surface area contributed by atoms with Crippen LogP contribution in [0.15, 0.2) is 24.3 Å². The first-order chi connectivity index (χ1) is 15.4. The monoisotopic (exact) mass is 436 g/mol. The minimum absolute atomic E-state index is 0.1000. The minimum atomic E-state index is -0.208. The quantitative estimate of drug-likeness (QED) is 0.719. The summed E-state index contributed by atoms with van der Waals surface area (Å²) in [6.07, 6.45) is 3.44. The Hall–Kier alpha value is -3.00. The van der Waals surface area contributed by atoms with Gasteiger partial charge in [-0.05, 0) is 50.4 Å². The Balaban J connectivity index is 1.55. The summed E-state index contributed by atoms with van der Waals surface area (Å²) in [5.74, 6) is 0.462. The minimum Gasteiger partial charge on any atom is -0.341 e. The lowest BCUT2D eigenvalue weighted by Crippen LogP contribution is -2.40. The van der Waals surface area contributed by atoms with Crippen LogP contribution in [0.5, 0.6) is 0 Å². The van der Waals surface area contributed by atoms with Crippen molar-refractivity contribution >= 4 is 23.3 Å². The van der Waals surface area contributed by atoms with Gasteiger partial charge in [-0.2, -0.15) is 0 Å². The summed E-state index contributed by atoms with van der Waals surface area (Å²) in [4.78, 5) is 40.1. The lowest BCUT2D eigenvalue weighted by molar-refractivity contribution is -0.115. The average molecular weight is 437 g/mol. The van der Waals surface area contributed by atoms with E-state index in [1.165, 1.54) is 31.5 Å². The Morgan fingerprint density at radius 1 is 1.09 bits per heavy atom. The number of hydrogen-bond donors (Lipinski definition) is 1. The largest absolute Gasteiger partial charge is 0.341 e. The molecule has 1 saturated heterocycles. The Kier molecular flexibility index (Phi) is 6.69. The number of fused-ring (bicyclic) bond motifs is 1. The second kappa shape index (κ2) is 9.65. The summed E-state index contributed by atoms with van der Waals surface area (Å²) in [7, 11) is 1.76. The van der Waals surface area contributed by atoms with E-state index < -0.39 is 0 Å². The third kappa shape index (κ3) is 4.91. The van der Waals surface area contributed by atoms with Gasteiger partial charge in [0.05, 0.1) is 12.2 Å². The number of nitrogens with one attached hydrogen (secondary N) is 1. The molecule has 1 aromatic heterocycles. The SMILES string of the molecule is CCCN(C)C(=O)c1nc(C)c2c(n1)N(Cc1ccc(CN3CCCC3)cc1)CC(=O)N2. The number of rotatable bonds is 7. The number of likely N-dealkylation sites (tertiary alicyclic amines) is 1. The fraction of sp³-hybridized carbons (Fsp3) is 0.500. The van der Waals surface area contributed by atoms with Crippen LogP contribution in [0.25, 0.3) is 0 Å². The summed E-state index contributed by atoms with van der Waals surface area (Å²) >= 11 is 0. The Labute approximate surface area is 189 Å². The standard InChI is InChI=1S/C24H32N6O2/c1-4-11-28(3)24(32)22-25-17(2)21-23(27-22)30(16-20(31)26-21)15-19-9-7-18(8-10-19)14-29-12-5-6-13-29/h7-10H,4-6,11-16H2,1-3H3,(H,26,31). The molecular formula is C24H32N6O2. The summed E-state index contributed by atoms with van der Waals surface area (Å²) in [5, 5.41) is 2.88. The zero-order valence-electron chi connectivity index (χ0n) is 19.2. The topological polar surface area (TPSA) is 81.7 Å². The van der Waals surface area contributed by atoms with E-state index in [0.29, 0.717) is 30.3 Å². The molecule has 2 aliphatic heterocycles. The Morgan fingerprint density at radius 3 is 2.41 bits per heavy atom. The van der Waals surface area contributed by atoms with Crippen molar-refractivity contribution < 1.29 is 9.59 Å². The molecule has 1 fully saturated rings. The van der Waals surface area contributed by atoms with E-state index in [0.717, 1.165) is 18.5 Å². The fourth-order valence-corrected chi connectivity index (χ4v) is 4.36. The smallest absolute Gasteiger partial charge is 0.291 e. The van der Waals surface area contributed by atoms with Crippen LogP contribution in [0.1, 0.15) is 53.6 Å². The lowest BCUT2D eigenvalue weighted by Gasteiger charge is -2.31. The van der Waals surface area contributed by atoms with Gasteiger partial charge in [-0.1, -0.05) is 31.2 Å². The highest BCUT2D eigenvalue weighted by Gasteiger charge is 2.28. The molecule has 8 nitrogen and oxygen atoms in total. The molecule has 1 N–H and O–H groups in total. The maximum Gasteiger partial charge on any atom is 0.291 e. The lowest BCUT2D eigenvalue weighted by atomic mass is 10.1. The fourth-order valence-electron chi connectivity index (χ4n) is 4.36. The number of benzene rings is 1. The molecule has 0 aliphatic carbocycles. The predicted molar refractivity (Wildman–Crippen MR) is 125 cm³/mol. The van der Waals surface area contributed by atoms with Crippen molar-refractivity contribution in [2.24, 2.45) is 0 Å². The second-order valence-corrected chi connectivity index (χ2v) is 8.76. The van der Waals surface area contributed by atoms with Gasteiger partial charge in [-0.3, -0.25) is 14.5 Å². The van der Waals surface area contributed by atoms with Crippen LogP contribution in [-0.2, 0) is 17.9 Å². The van der Waals surface area contributed by atoms with Gasteiger partial charge in [0, 0.05) is 26.7 Å². The molecule has 0 bridgehead atoms. The first-order valence-corrected chi connectivity index (χ1v) is 11.4. The van der Waals surface area contributed by atoms with E-state index in [1.54, 1.807) is 18.9 Å². The molecule has 0 saturated carbocycles. The molecule has 1 aromatic carbocycles. The third-order valence-corrected chi connectivity index (χ3v) is 6.07. The first-order valence-electron chi connectivity index (χ1n) is 11.4. The van der Waals surface area contributed by atoms with Crippen molar-refractivity contribution in [2.75, 3.05) is 43.4 Å². The number of aromatic nitrogens is 2. The number of carbonyl (C=O) groups excluding carboxylic acids is 2. The Bertz CT molecular complexity index is 985. The van der Waals surface area contributed by atoms with E-state index in [2.05, 4.69) is 44.5 Å². The summed E-state index contributed by atoms with van der Waals surface area (Å²) < 4.78 is 0. The van der Waals surface area contributed by atoms with Crippen LogP contribution < -0.4 is 10.2 Å². The number of nitrogens with zero attached hydrogens (tertiary/aromatic N) is 5. The van der Waals surface area contributed by atoms with Crippen LogP contribution in [0.4, 0.5) is 11.5 Å². The molecular weight excluding hydrogens is 404 g/mol. The second-order valence-electron chi connectivity index (χ2n) is 8.76. The van der Waals surface area contributed by atoms with Gasteiger partial charge in [0.2, 0.25) is 11.7 Å². The van der Waals surface area contributed by atoms with Crippen molar-refractivity contribution in [2.45, 2.75) is 46.2 Å². The van der Waals surface area contributed by atoms with E-state index in [1.807, 2.05) is 11.8 Å². The molecule has 0 unspecified atom stereocenters. The maximum atomic E-state index is 12.8. The average Bonchev–Trinajstić information content (AvgIpc) is 3.28. The van der Waals surface area contributed by atoms with Crippen molar-refractivity contribution in [3.05, 3.63) is 46.9 Å². The van der Waals surface area contributed by atoms with Crippen molar-refractivity contribution in [1.29, 1.82) is 0 Å². The highest BCUT2D eigenvalue weighted by molar-refractivity contribution is 6.01. The Morgan fingerprint density at radius 2 is 1.75 bits per heavy atom. The van der Waals surface area contributed by atoms with Crippen molar-refractivity contribution in [3.8, 4) is 0 Å². The molecule has 8 heteroatoms. The number of carbonyl (C=O) groups is 2. The van der Waals surface area contributed by atoms with Gasteiger partial charge in [0.25, 0.3) is 5.91 Å². The highest BCUT2D eigenvalue weighted by atomic mass is 16.2. The van der Waals surface area contributed by atoms with Crippen molar-refractivity contribution in [3.63, 3.8) is 0 Å². The van der Waals surface area contributed by atoms with Crippen molar-refractivity contribution in [1.82, 2.24) is 19.8 Å². The molecule has 32 heavy (non-hydrogen) atoms. The van der Waals surface area contributed by atoms with Gasteiger partial charge in [0.1, 0.15) is 5.69 Å². The van der Waals surface area contributed by atoms with Crippen LogP contribution >= 0.6 is 0 Å². The molecule has 2 aromatic rings. The van der Waals surface area contributed by atoms with Gasteiger partial charge in [0.15, 0.2) is 5.82 Å². The van der Waals surface area contributed by atoms with E-state index in [9.17, 15) is 9.59 Å². The number of anilines is 2. The van der Waals surface area contributed by atoms with Gasteiger partial charge >= 0.3 is 0 Å². The van der Waals surface area contributed by atoms with Crippen LogP contribution in [0, 0.1) is 6.92 Å². The summed E-state index contributed by atoms with van der Waals surface area (Å²) in [6, 6.07) is 8.57. The number of amides is 2. The third-order valence-electron chi connectivity index (χ3n) is 6.07. The van der Waals surface area contributed by atoms with E-state index >= 15 is 0 Å². The normalized spacial score (nSPS) is 16.1. The van der Waals surface area contributed by atoms with E-state index in [-0.39, 0.29) is 24.2 Å². The summed E-state index contributed by atoms with van der Waals surface area (Å²) in [6.45, 7) is 8.53. The molecule has 0 radical (unpaired) electrons. The number of hydrogen-bond acceptors (Lipinski definition) is 6. The molecule has 4 rings (SSSR count). The summed E-state index contributed by atoms with van der Waals surface area (Å²) in [5.41, 5.74) is 3.59. The zero-order chi connectivity index (χ0) is 22.7. The molecule has 170 valence electrons. The van der Waals surface area contributed by atoms with Crippen LogP contribution in [0.3, 0.4) is 0 Å². The molecule has 3 heterocycles. The first kappa shape index (κ1) is 22.2. The van der Waals surface area contributed by atoms with Gasteiger partial charge < -0.3 is 15.1 Å². The molecule has 2 amide bonds.